The van der Waals surface area contributed by atoms with E-state index in [1.54, 1.807) is 11.0 Å². The lowest BCUT2D eigenvalue weighted by molar-refractivity contribution is -0.0816. The third kappa shape index (κ3) is 4.91. The van der Waals surface area contributed by atoms with Crippen molar-refractivity contribution in [2.24, 2.45) is 5.41 Å². The SMILES string of the molecule is CC(C)(C)C(O)(CCCCc1cccc(Cl)c1)Cn1[nH]cnc1=S. The highest BCUT2D eigenvalue weighted by Crippen LogP contribution is 2.36. The van der Waals surface area contributed by atoms with Gasteiger partial charge in [0.25, 0.3) is 0 Å². The van der Waals surface area contributed by atoms with Gasteiger partial charge in [0, 0.05) is 5.02 Å². The van der Waals surface area contributed by atoms with Crippen molar-refractivity contribution >= 4 is 23.8 Å². The number of rotatable bonds is 7. The largest absolute Gasteiger partial charge is 0.387 e. The smallest absolute Gasteiger partial charge is 0.215 e. The van der Waals surface area contributed by atoms with Crippen LogP contribution in [0.1, 0.15) is 45.6 Å². The van der Waals surface area contributed by atoms with Crippen molar-refractivity contribution in [2.75, 3.05) is 0 Å². The number of unbranched alkanes of at least 4 members (excludes halogenated alkanes) is 1. The second-order valence-corrected chi connectivity index (χ2v) is 8.18. The van der Waals surface area contributed by atoms with E-state index < -0.39 is 5.60 Å². The first-order valence-electron chi connectivity index (χ1n) is 8.28. The Kier molecular flexibility index (Phi) is 6.23. The summed E-state index contributed by atoms with van der Waals surface area (Å²) in [4.78, 5) is 4.03. The molecule has 1 atom stereocenters. The molecule has 1 unspecified atom stereocenters. The highest BCUT2D eigenvalue weighted by Gasteiger charge is 2.40. The molecular weight excluding hydrogens is 342 g/mol. The summed E-state index contributed by atoms with van der Waals surface area (Å²) in [5, 5.41) is 15.0. The minimum atomic E-state index is -0.855. The Bertz CT molecular complexity index is 719. The Hall–Kier alpha value is -1.17. The zero-order valence-corrected chi connectivity index (χ0v) is 16.1. The number of nitrogens with zero attached hydrogens (tertiary/aromatic N) is 2. The fourth-order valence-electron chi connectivity index (χ4n) is 2.78. The first kappa shape index (κ1) is 19.2. The van der Waals surface area contributed by atoms with E-state index >= 15 is 0 Å². The number of hydrogen-bond donors (Lipinski definition) is 2. The van der Waals surface area contributed by atoms with Crippen LogP contribution in [0.15, 0.2) is 30.6 Å². The Labute approximate surface area is 153 Å². The molecule has 0 spiro atoms. The molecule has 4 nitrogen and oxygen atoms in total. The van der Waals surface area contributed by atoms with E-state index in [4.69, 9.17) is 23.8 Å². The lowest BCUT2D eigenvalue weighted by Crippen LogP contribution is -2.46. The van der Waals surface area contributed by atoms with Crippen LogP contribution in [0.5, 0.6) is 0 Å². The molecule has 24 heavy (non-hydrogen) atoms. The monoisotopic (exact) mass is 367 g/mol. The first-order chi connectivity index (χ1) is 11.2. The van der Waals surface area contributed by atoms with Gasteiger partial charge in [0.15, 0.2) is 0 Å². The normalized spacial score (nSPS) is 14.5. The van der Waals surface area contributed by atoms with Gasteiger partial charge in [-0.05, 0) is 54.6 Å². The molecule has 0 aliphatic rings. The number of H-pyrrole nitrogens is 1. The van der Waals surface area contributed by atoms with Crippen LogP contribution in [0.4, 0.5) is 0 Å². The Morgan fingerprint density at radius 2 is 2.04 bits per heavy atom. The quantitative estimate of drug-likeness (QED) is 0.546. The topological polar surface area (TPSA) is 53.8 Å². The molecule has 0 radical (unpaired) electrons. The maximum atomic E-state index is 11.2. The molecule has 2 N–H and O–H groups in total. The second-order valence-electron chi connectivity index (χ2n) is 7.37. The first-order valence-corrected chi connectivity index (χ1v) is 9.07. The van der Waals surface area contributed by atoms with E-state index in [1.807, 2.05) is 18.2 Å². The molecule has 0 aliphatic carbocycles. The second kappa shape index (κ2) is 7.81. The number of halogens is 1. The highest BCUT2D eigenvalue weighted by atomic mass is 35.5. The van der Waals surface area contributed by atoms with Gasteiger partial charge in [0.2, 0.25) is 4.77 Å². The number of aryl methyl sites for hydroxylation is 1. The maximum Gasteiger partial charge on any atom is 0.215 e. The van der Waals surface area contributed by atoms with Gasteiger partial charge in [-0.15, -0.1) is 0 Å². The average Bonchev–Trinajstić information content (AvgIpc) is 2.88. The predicted molar refractivity (Wildman–Crippen MR) is 101 cm³/mol. The van der Waals surface area contributed by atoms with Gasteiger partial charge < -0.3 is 5.11 Å². The Morgan fingerprint density at radius 3 is 2.62 bits per heavy atom. The summed E-state index contributed by atoms with van der Waals surface area (Å²) < 4.78 is 2.20. The fraction of sp³-hybridized carbons (Fsp3) is 0.556. The van der Waals surface area contributed by atoms with Crippen LogP contribution in [0.2, 0.25) is 5.02 Å². The van der Waals surface area contributed by atoms with E-state index in [-0.39, 0.29) is 5.41 Å². The van der Waals surface area contributed by atoms with Gasteiger partial charge in [-0.25, -0.2) is 4.98 Å². The maximum absolute atomic E-state index is 11.2. The summed E-state index contributed by atoms with van der Waals surface area (Å²) in [5.41, 5.74) is 0.118. The van der Waals surface area contributed by atoms with Crippen molar-refractivity contribution in [3.8, 4) is 0 Å². The van der Waals surface area contributed by atoms with E-state index in [9.17, 15) is 5.11 Å². The zero-order chi connectivity index (χ0) is 17.8. The van der Waals surface area contributed by atoms with Crippen molar-refractivity contribution in [1.29, 1.82) is 0 Å². The van der Waals surface area contributed by atoms with Gasteiger partial charge in [0.05, 0.1) is 12.1 Å². The van der Waals surface area contributed by atoms with Crippen LogP contribution < -0.4 is 0 Å². The minimum absolute atomic E-state index is 0.261. The summed E-state index contributed by atoms with van der Waals surface area (Å²) in [6.07, 6.45) is 5.17. The average molecular weight is 368 g/mol. The lowest BCUT2D eigenvalue weighted by Gasteiger charge is -2.40. The van der Waals surface area contributed by atoms with Crippen LogP contribution in [0.3, 0.4) is 0 Å². The molecule has 6 heteroatoms. The summed E-state index contributed by atoms with van der Waals surface area (Å²) in [6, 6.07) is 7.95. The molecule has 1 heterocycles. The molecule has 0 bridgehead atoms. The summed E-state index contributed by atoms with van der Waals surface area (Å²) in [7, 11) is 0. The van der Waals surface area contributed by atoms with Crippen molar-refractivity contribution < 1.29 is 5.11 Å². The molecule has 0 saturated heterocycles. The Morgan fingerprint density at radius 1 is 1.29 bits per heavy atom. The Balaban J connectivity index is 1.96. The van der Waals surface area contributed by atoms with Gasteiger partial charge >= 0.3 is 0 Å². The molecule has 1 aromatic heterocycles. The molecule has 0 aliphatic heterocycles. The van der Waals surface area contributed by atoms with E-state index in [0.717, 1.165) is 24.3 Å². The summed E-state index contributed by atoms with van der Waals surface area (Å²) in [5.74, 6) is 0. The van der Waals surface area contributed by atoms with Crippen LogP contribution in [-0.2, 0) is 13.0 Å². The number of hydrogen-bond acceptors (Lipinski definition) is 3. The van der Waals surface area contributed by atoms with Crippen molar-refractivity contribution in [3.05, 3.63) is 45.9 Å². The van der Waals surface area contributed by atoms with Crippen molar-refractivity contribution in [2.45, 2.75) is 58.6 Å². The minimum Gasteiger partial charge on any atom is -0.387 e. The number of aromatic amines is 1. The summed E-state index contributed by atoms with van der Waals surface area (Å²) >= 11 is 11.2. The number of aromatic nitrogens is 3. The highest BCUT2D eigenvalue weighted by molar-refractivity contribution is 7.71. The van der Waals surface area contributed by atoms with Gasteiger partial charge in [0.1, 0.15) is 6.33 Å². The van der Waals surface area contributed by atoms with Crippen LogP contribution >= 0.6 is 23.8 Å². The summed E-state index contributed by atoms with van der Waals surface area (Å²) in [6.45, 7) is 6.60. The molecule has 132 valence electrons. The van der Waals surface area contributed by atoms with Crippen LogP contribution in [-0.4, -0.2) is 25.5 Å². The molecular formula is C18H26ClN3OS. The number of benzene rings is 1. The van der Waals surface area contributed by atoms with Crippen LogP contribution in [0, 0.1) is 10.2 Å². The number of nitrogens with one attached hydrogen (secondary N) is 1. The predicted octanol–water partition coefficient (Wildman–Crippen LogP) is 4.78. The molecule has 0 fully saturated rings. The van der Waals surface area contributed by atoms with Crippen LogP contribution in [0.25, 0.3) is 0 Å². The van der Waals surface area contributed by atoms with Gasteiger partial charge in [-0.2, -0.15) is 0 Å². The number of aliphatic hydroxyl groups is 1. The van der Waals surface area contributed by atoms with E-state index in [2.05, 4.69) is 36.9 Å². The zero-order valence-electron chi connectivity index (χ0n) is 14.6. The standard InChI is InChI=1S/C18H26ClN3OS/c1-17(2,3)18(23,12-22-16(24)20-13-21-22)10-5-4-7-14-8-6-9-15(19)11-14/h6,8-9,11,13,23H,4-5,7,10,12H2,1-3H3,(H,20,21,24). The third-order valence-corrected chi connectivity index (χ3v) is 5.19. The molecule has 0 saturated carbocycles. The third-order valence-electron chi connectivity index (χ3n) is 4.63. The van der Waals surface area contributed by atoms with Gasteiger partial charge in [-0.3, -0.25) is 9.78 Å². The van der Waals surface area contributed by atoms with E-state index in [1.165, 1.54) is 5.56 Å². The molecule has 0 amide bonds. The molecule has 2 aromatic rings. The molecule has 1 aromatic carbocycles. The van der Waals surface area contributed by atoms with Gasteiger partial charge in [-0.1, -0.05) is 50.9 Å². The fourth-order valence-corrected chi connectivity index (χ4v) is 3.17. The van der Waals surface area contributed by atoms with E-state index in [0.29, 0.717) is 17.7 Å². The van der Waals surface area contributed by atoms with Crippen molar-refractivity contribution in [1.82, 2.24) is 14.8 Å². The molecule has 2 rings (SSSR count). The lowest BCUT2D eigenvalue weighted by atomic mass is 9.73. The van der Waals surface area contributed by atoms with Crippen molar-refractivity contribution in [3.63, 3.8) is 0 Å².